The monoisotopic (exact) mass is 199 g/mol. The van der Waals surface area contributed by atoms with Crippen LogP contribution in [0.25, 0.3) is 0 Å². The SMILES string of the molecule is CC(C)C[C@@H](CO)N[C@@H]1CCC[C@H]1C. The molecule has 0 bridgehead atoms. The first-order chi connectivity index (χ1) is 6.63. The molecule has 1 aliphatic carbocycles. The van der Waals surface area contributed by atoms with E-state index in [-0.39, 0.29) is 6.61 Å². The smallest absolute Gasteiger partial charge is 0.0584 e. The maximum absolute atomic E-state index is 9.26. The summed E-state index contributed by atoms with van der Waals surface area (Å²) in [6.07, 6.45) is 5.06. The van der Waals surface area contributed by atoms with E-state index < -0.39 is 0 Å². The fourth-order valence-electron chi connectivity index (χ4n) is 2.46. The highest BCUT2D eigenvalue weighted by atomic mass is 16.3. The molecule has 1 saturated carbocycles. The molecule has 0 aliphatic heterocycles. The van der Waals surface area contributed by atoms with E-state index in [4.69, 9.17) is 0 Å². The zero-order valence-corrected chi connectivity index (χ0v) is 9.79. The highest BCUT2D eigenvalue weighted by Gasteiger charge is 2.25. The molecule has 3 atom stereocenters. The van der Waals surface area contributed by atoms with Gasteiger partial charge in [0.2, 0.25) is 0 Å². The predicted molar refractivity (Wildman–Crippen MR) is 60.3 cm³/mol. The summed E-state index contributed by atoms with van der Waals surface area (Å²) in [5.41, 5.74) is 0. The van der Waals surface area contributed by atoms with Gasteiger partial charge in [-0.3, -0.25) is 0 Å². The minimum Gasteiger partial charge on any atom is -0.395 e. The Morgan fingerprint density at radius 3 is 2.50 bits per heavy atom. The average molecular weight is 199 g/mol. The molecule has 0 aromatic heterocycles. The second-order valence-electron chi connectivity index (χ2n) is 5.19. The molecule has 0 aromatic carbocycles. The second-order valence-corrected chi connectivity index (χ2v) is 5.19. The zero-order chi connectivity index (χ0) is 10.6. The van der Waals surface area contributed by atoms with Crippen LogP contribution in [-0.4, -0.2) is 23.8 Å². The fraction of sp³-hybridized carbons (Fsp3) is 1.00. The Labute approximate surface area is 88.1 Å². The van der Waals surface area contributed by atoms with E-state index in [0.29, 0.717) is 18.0 Å². The van der Waals surface area contributed by atoms with E-state index in [9.17, 15) is 5.11 Å². The minimum atomic E-state index is 0.279. The van der Waals surface area contributed by atoms with Gasteiger partial charge in [-0.25, -0.2) is 0 Å². The maximum atomic E-state index is 9.26. The van der Waals surface area contributed by atoms with Crippen LogP contribution in [0.1, 0.15) is 46.5 Å². The molecule has 1 fully saturated rings. The number of hydrogen-bond donors (Lipinski definition) is 2. The Kier molecular flexibility index (Phi) is 4.90. The van der Waals surface area contributed by atoms with Crippen molar-refractivity contribution in [1.29, 1.82) is 0 Å². The lowest BCUT2D eigenvalue weighted by Crippen LogP contribution is -2.42. The molecule has 0 aromatic rings. The molecule has 0 saturated heterocycles. The molecule has 0 unspecified atom stereocenters. The van der Waals surface area contributed by atoms with Gasteiger partial charge in [-0.1, -0.05) is 27.2 Å². The van der Waals surface area contributed by atoms with Crippen molar-refractivity contribution >= 4 is 0 Å². The number of aliphatic hydroxyl groups excluding tert-OH is 1. The number of hydrogen-bond acceptors (Lipinski definition) is 2. The zero-order valence-electron chi connectivity index (χ0n) is 9.79. The lowest BCUT2D eigenvalue weighted by molar-refractivity contribution is 0.205. The topological polar surface area (TPSA) is 32.3 Å². The van der Waals surface area contributed by atoms with E-state index in [2.05, 4.69) is 26.1 Å². The van der Waals surface area contributed by atoms with E-state index in [0.717, 1.165) is 12.3 Å². The van der Waals surface area contributed by atoms with Gasteiger partial charge < -0.3 is 10.4 Å². The van der Waals surface area contributed by atoms with Crippen molar-refractivity contribution in [2.45, 2.75) is 58.5 Å². The van der Waals surface area contributed by atoms with Gasteiger partial charge in [-0.15, -0.1) is 0 Å². The number of aliphatic hydroxyl groups is 1. The van der Waals surface area contributed by atoms with Gasteiger partial charge >= 0.3 is 0 Å². The first kappa shape index (κ1) is 12.0. The molecule has 84 valence electrons. The Hall–Kier alpha value is -0.0800. The molecule has 2 nitrogen and oxygen atoms in total. The molecule has 2 heteroatoms. The van der Waals surface area contributed by atoms with E-state index in [1.54, 1.807) is 0 Å². The summed E-state index contributed by atoms with van der Waals surface area (Å²) < 4.78 is 0. The number of nitrogens with one attached hydrogen (secondary N) is 1. The van der Waals surface area contributed by atoms with Crippen LogP contribution < -0.4 is 5.32 Å². The van der Waals surface area contributed by atoms with Gasteiger partial charge in [-0.05, 0) is 31.1 Å². The van der Waals surface area contributed by atoms with Crippen LogP contribution in [0, 0.1) is 11.8 Å². The highest BCUT2D eigenvalue weighted by Crippen LogP contribution is 2.25. The Balaban J connectivity index is 2.31. The molecule has 0 radical (unpaired) electrons. The lowest BCUT2D eigenvalue weighted by Gasteiger charge is -2.25. The van der Waals surface area contributed by atoms with Gasteiger partial charge in [0.05, 0.1) is 6.61 Å². The van der Waals surface area contributed by atoms with Gasteiger partial charge in [0, 0.05) is 12.1 Å². The normalized spacial score (nSPS) is 29.8. The molecule has 0 spiro atoms. The second kappa shape index (κ2) is 5.72. The van der Waals surface area contributed by atoms with Crippen LogP contribution in [0.2, 0.25) is 0 Å². The summed E-state index contributed by atoms with van der Waals surface area (Å²) in [6, 6.07) is 0.950. The van der Waals surface area contributed by atoms with Gasteiger partial charge in [0.25, 0.3) is 0 Å². The van der Waals surface area contributed by atoms with Crippen molar-refractivity contribution in [3.05, 3.63) is 0 Å². The predicted octanol–water partition coefficient (Wildman–Crippen LogP) is 2.17. The van der Waals surface area contributed by atoms with E-state index >= 15 is 0 Å². The molecular formula is C12H25NO. The molecule has 0 amide bonds. The van der Waals surface area contributed by atoms with Crippen molar-refractivity contribution < 1.29 is 5.11 Å². The summed E-state index contributed by atoms with van der Waals surface area (Å²) in [5, 5.41) is 12.9. The summed E-state index contributed by atoms with van der Waals surface area (Å²) in [4.78, 5) is 0. The number of rotatable bonds is 5. The molecule has 14 heavy (non-hydrogen) atoms. The third kappa shape index (κ3) is 3.58. The van der Waals surface area contributed by atoms with Crippen LogP contribution in [0.3, 0.4) is 0 Å². The molecule has 1 rings (SSSR count). The van der Waals surface area contributed by atoms with Crippen LogP contribution in [0.5, 0.6) is 0 Å². The first-order valence-electron chi connectivity index (χ1n) is 6.00. The molecule has 0 heterocycles. The van der Waals surface area contributed by atoms with Crippen molar-refractivity contribution in [3.8, 4) is 0 Å². The lowest BCUT2D eigenvalue weighted by atomic mass is 10.0. The van der Waals surface area contributed by atoms with Crippen LogP contribution in [-0.2, 0) is 0 Å². The Bertz CT molecular complexity index is 158. The average Bonchev–Trinajstić information content (AvgIpc) is 2.50. The summed E-state index contributed by atoms with van der Waals surface area (Å²) in [5.74, 6) is 1.45. The van der Waals surface area contributed by atoms with Crippen LogP contribution in [0.15, 0.2) is 0 Å². The minimum absolute atomic E-state index is 0.279. The maximum Gasteiger partial charge on any atom is 0.0584 e. The van der Waals surface area contributed by atoms with Gasteiger partial charge in [-0.2, -0.15) is 0 Å². The van der Waals surface area contributed by atoms with Crippen LogP contribution in [0.4, 0.5) is 0 Å². The highest BCUT2D eigenvalue weighted by molar-refractivity contribution is 4.83. The van der Waals surface area contributed by atoms with Gasteiger partial charge in [0.1, 0.15) is 0 Å². The quantitative estimate of drug-likeness (QED) is 0.711. The third-order valence-electron chi connectivity index (χ3n) is 3.29. The van der Waals surface area contributed by atoms with Crippen molar-refractivity contribution in [3.63, 3.8) is 0 Å². The van der Waals surface area contributed by atoms with Crippen molar-refractivity contribution in [2.24, 2.45) is 11.8 Å². The Morgan fingerprint density at radius 1 is 1.36 bits per heavy atom. The third-order valence-corrected chi connectivity index (χ3v) is 3.29. The Morgan fingerprint density at radius 2 is 2.07 bits per heavy atom. The van der Waals surface area contributed by atoms with Crippen molar-refractivity contribution in [1.82, 2.24) is 5.32 Å². The summed E-state index contributed by atoms with van der Waals surface area (Å²) >= 11 is 0. The van der Waals surface area contributed by atoms with E-state index in [1.165, 1.54) is 19.3 Å². The molecule has 2 N–H and O–H groups in total. The molecular weight excluding hydrogens is 174 g/mol. The summed E-state index contributed by atoms with van der Waals surface area (Å²) in [6.45, 7) is 7.01. The van der Waals surface area contributed by atoms with Crippen molar-refractivity contribution in [2.75, 3.05) is 6.61 Å². The fourth-order valence-corrected chi connectivity index (χ4v) is 2.46. The summed E-state index contributed by atoms with van der Waals surface area (Å²) in [7, 11) is 0. The standard InChI is InChI=1S/C12H25NO/c1-9(2)7-11(8-14)13-12-6-4-5-10(12)3/h9-14H,4-8H2,1-3H3/t10-,11+,12-/m1/s1. The van der Waals surface area contributed by atoms with Crippen LogP contribution >= 0.6 is 0 Å². The van der Waals surface area contributed by atoms with E-state index in [1.807, 2.05) is 0 Å². The largest absolute Gasteiger partial charge is 0.395 e. The first-order valence-corrected chi connectivity index (χ1v) is 6.00. The van der Waals surface area contributed by atoms with Gasteiger partial charge in [0.15, 0.2) is 0 Å². The molecule has 1 aliphatic rings.